The second-order valence-corrected chi connectivity index (χ2v) is 7.19. The smallest absolute Gasteiger partial charge is 0.322 e. The van der Waals surface area contributed by atoms with E-state index in [4.69, 9.17) is 0 Å². The Morgan fingerprint density at radius 2 is 1.82 bits per heavy atom. The molecule has 2 rings (SSSR count). The molecule has 1 aliphatic rings. The van der Waals surface area contributed by atoms with Crippen molar-refractivity contribution >= 4 is 22.0 Å². The Morgan fingerprint density at radius 1 is 1.18 bits per heavy atom. The molecular formula is C14H19N3O4S. The number of benzene rings is 1. The highest BCUT2D eigenvalue weighted by Gasteiger charge is 2.29. The molecule has 0 bridgehead atoms. The van der Waals surface area contributed by atoms with Crippen molar-refractivity contribution < 1.29 is 18.0 Å². The van der Waals surface area contributed by atoms with Gasteiger partial charge < -0.3 is 5.32 Å². The van der Waals surface area contributed by atoms with Crippen LogP contribution in [0.2, 0.25) is 0 Å². The van der Waals surface area contributed by atoms with E-state index in [0.717, 1.165) is 5.56 Å². The molecule has 3 amide bonds. The van der Waals surface area contributed by atoms with Gasteiger partial charge in [-0.15, -0.1) is 0 Å². The van der Waals surface area contributed by atoms with Gasteiger partial charge in [-0.25, -0.2) is 17.9 Å². The Balaban J connectivity index is 1.93. The lowest BCUT2D eigenvalue weighted by Gasteiger charge is -2.10. The lowest BCUT2D eigenvalue weighted by atomic mass is 10.0. The van der Waals surface area contributed by atoms with Gasteiger partial charge in [0.05, 0.1) is 4.90 Å². The number of hydrogen-bond donors (Lipinski definition) is 3. The largest absolute Gasteiger partial charge is 0.326 e. The van der Waals surface area contributed by atoms with Gasteiger partial charge in [0.15, 0.2) is 0 Å². The van der Waals surface area contributed by atoms with E-state index in [0.29, 0.717) is 5.92 Å². The summed E-state index contributed by atoms with van der Waals surface area (Å²) in [5, 5.41) is 4.51. The predicted octanol–water partition coefficient (Wildman–Crippen LogP) is 0.686. The molecule has 1 aliphatic heterocycles. The quantitative estimate of drug-likeness (QED) is 0.669. The minimum atomic E-state index is -3.62. The van der Waals surface area contributed by atoms with Crippen molar-refractivity contribution in [2.24, 2.45) is 0 Å². The van der Waals surface area contributed by atoms with Gasteiger partial charge in [-0.05, 0) is 30.0 Å². The van der Waals surface area contributed by atoms with Crippen LogP contribution in [0.15, 0.2) is 29.2 Å². The van der Waals surface area contributed by atoms with Crippen LogP contribution >= 0.6 is 0 Å². The predicted molar refractivity (Wildman–Crippen MR) is 80.8 cm³/mol. The van der Waals surface area contributed by atoms with Gasteiger partial charge >= 0.3 is 6.03 Å². The number of imide groups is 1. The summed E-state index contributed by atoms with van der Waals surface area (Å²) in [6, 6.07) is 5.43. The minimum Gasteiger partial charge on any atom is -0.326 e. The van der Waals surface area contributed by atoms with E-state index in [1.54, 1.807) is 24.3 Å². The fourth-order valence-corrected chi connectivity index (χ4v) is 3.16. The van der Waals surface area contributed by atoms with E-state index in [-0.39, 0.29) is 17.9 Å². The molecule has 0 spiro atoms. The molecule has 0 radical (unpaired) electrons. The molecule has 1 saturated heterocycles. The molecule has 1 fully saturated rings. The zero-order valence-electron chi connectivity index (χ0n) is 12.4. The standard InChI is InChI=1S/C14H19N3O4S/c1-9(2)10-3-5-11(6-4-10)22(20,21)15-8-7-12-13(18)17-14(19)16-12/h3-6,9,12,15H,7-8H2,1-2H3,(H2,16,17,18,19). The minimum absolute atomic E-state index is 0.0621. The van der Waals surface area contributed by atoms with Crippen molar-refractivity contribution in [1.29, 1.82) is 0 Å². The first-order valence-electron chi connectivity index (χ1n) is 7.00. The first-order valence-corrected chi connectivity index (χ1v) is 8.49. The van der Waals surface area contributed by atoms with Crippen LogP contribution in [0.3, 0.4) is 0 Å². The number of hydrogen-bond acceptors (Lipinski definition) is 4. The summed E-state index contributed by atoms with van der Waals surface area (Å²) in [5.74, 6) is -0.111. The van der Waals surface area contributed by atoms with Gasteiger partial charge in [0.25, 0.3) is 5.91 Å². The molecule has 120 valence electrons. The van der Waals surface area contributed by atoms with Crippen LogP contribution in [-0.4, -0.2) is 32.9 Å². The average Bonchev–Trinajstić information content (AvgIpc) is 2.77. The second kappa shape index (κ2) is 6.45. The summed E-state index contributed by atoms with van der Waals surface area (Å²) in [4.78, 5) is 22.5. The molecule has 1 atom stereocenters. The molecule has 3 N–H and O–H groups in total. The summed E-state index contributed by atoms with van der Waals surface area (Å²) in [5.41, 5.74) is 1.06. The summed E-state index contributed by atoms with van der Waals surface area (Å²) in [6.07, 6.45) is 0.195. The summed E-state index contributed by atoms with van der Waals surface area (Å²) in [6.45, 7) is 4.12. The third-order valence-corrected chi connectivity index (χ3v) is 4.92. The highest BCUT2D eigenvalue weighted by Crippen LogP contribution is 2.17. The maximum absolute atomic E-state index is 12.1. The highest BCUT2D eigenvalue weighted by molar-refractivity contribution is 7.89. The zero-order valence-corrected chi connectivity index (χ0v) is 13.2. The molecule has 7 nitrogen and oxygen atoms in total. The van der Waals surface area contributed by atoms with Gasteiger partial charge in [0.2, 0.25) is 10.0 Å². The number of amides is 3. The molecular weight excluding hydrogens is 306 g/mol. The van der Waals surface area contributed by atoms with Gasteiger partial charge in [0.1, 0.15) is 6.04 Å². The molecule has 22 heavy (non-hydrogen) atoms. The highest BCUT2D eigenvalue weighted by atomic mass is 32.2. The number of nitrogens with one attached hydrogen (secondary N) is 3. The molecule has 1 aromatic carbocycles. The maximum Gasteiger partial charge on any atom is 0.322 e. The average molecular weight is 325 g/mol. The van der Waals surface area contributed by atoms with Crippen LogP contribution in [0.25, 0.3) is 0 Å². The first kappa shape index (κ1) is 16.4. The molecule has 0 aromatic heterocycles. The van der Waals surface area contributed by atoms with Crippen LogP contribution in [0.4, 0.5) is 4.79 Å². The van der Waals surface area contributed by atoms with E-state index in [9.17, 15) is 18.0 Å². The third-order valence-electron chi connectivity index (χ3n) is 3.44. The van der Waals surface area contributed by atoms with Crippen LogP contribution in [0.1, 0.15) is 31.7 Å². The van der Waals surface area contributed by atoms with Gasteiger partial charge in [-0.1, -0.05) is 26.0 Å². The van der Waals surface area contributed by atoms with Crippen molar-refractivity contribution in [2.45, 2.75) is 37.1 Å². The van der Waals surface area contributed by atoms with E-state index < -0.39 is 28.0 Å². The molecule has 0 saturated carbocycles. The third kappa shape index (κ3) is 3.83. The molecule has 1 heterocycles. The van der Waals surface area contributed by atoms with Crippen molar-refractivity contribution in [3.63, 3.8) is 0 Å². The molecule has 0 aliphatic carbocycles. The number of sulfonamides is 1. The number of urea groups is 1. The Bertz CT molecular complexity index is 668. The molecule has 1 unspecified atom stereocenters. The van der Waals surface area contributed by atoms with Crippen molar-refractivity contribution in [3.05, 3.63) is 29.8 Å². The maximum atomic E-state index is 12.1. The van der Waals surface area contributed by atoms with Gasteiger partial charge in [-0.3, -0.25) is 10.1 Å². The second-order valence-electron chi connectivity index (χ2n) is 5.43. The number of carbonyl (C=O) groups excluding carboxylic acids is 2. The summed E-state index contributed by atoms with van der Waals surface area (Å²) >= 11 is 0. The summed E-state index contributed by atoms with van der Waals surface area (Å²) < 4.78 is 26.7. The number of rotatable bonds is 6. The lowest BCUT2D eigenvalue weighted by molar-refractivity contribution is -0.120. The van der Waals surface area contributed by atoms with Crippen molar-refractivity contribution in [1.82, 2.24) is 15.4 Å². The van der Waals surface area contributed by atoms with Crippen molar-refractivity contribution in [3.8, 4) is 0 Å². The molecule has 1 aromatic rings. The zero-order chi connectivity index (χ0) is 16.3. The normalized spacial score (nSPS) is 18.4. The van der Waals surface area contributed by atoms with Crippen molar-refractivity contribution in [2.75, 3.05) is 6.54 Å². The molecule has 8 heteroatoms. The summed E-state index contributed by atoms with van der Waals surface area (Å²) in [7, 11) is -3.62. The van der Waals surface area contributed by atoms with Crippen LogP contribution < -0.4 is 15.4 Å². The van der Waals surface area contributed by atoms with Crippen LogP contribution in [-0.2, 0) is 14.8 Å². The van der Waals surface area contributed by atoms with E-state index in [1.807, 2.05) is 13.8 Å². The van der Waals surface area contributed by atoms with Crippen LogP contribution in [0, 0.1) is 0 Å². The van der Waals surface area contributed by atoms with E-state index in [2.05, 4.69) is 15.4 Å². The first-order chi connectivity index (χ1) is 10.3. The number of carbonyl (C=O) groups is 2. The SMILES string of the molecule is CC(C)c1ccc(S(=O)(=O)NCCC2NC(=O)NC2=O)cc1. The Kier molecular flexibility index (Phi) is 4.82. The Hall–Kier alpha value is -1.93. The Labute approximate surface area is 129 Å². The van der Waals surface area contributed by atoms with Gasteiger partial charge in [0, 0.05) is 6.54 Å². The van der Waals surface area contributed by atoms with E-state index in [1.165, 1.54) is 0 Å². The van der Waals surface area contributed by atoms with E-state index >= 15 is 0 Å². The lowest BCUT2D eigenvalue weighted by Crippen LogP contribution is -2.34. The van der Waals surface area contributed by atoms with Crippen LogP contribution in [0.5, 0.6) is 0 Å². The fraction of sp³-hybridized carbons (Fsp3) is 0.429. The van der Waals surface area contributed by atoms with Gasteiger partial charge in [-0.2, -0.15) is 0 Å². The topological polar surface area (TPSA) is 104 Å². The Morgan fingerprint density at radius 3 is 2.32 bits per heavy atom. The monoisotopic (exact) mass is 325 g/mol. The fourth-order valence-electron chi connectivity index (χ4n) is 2.11.